The van der Waals surface area contributed by atoms with Gasteiger partial charge in [0.1, 0.15) is 0 Å². The summed E-state index contributed by atoms with van der Waals surface area (Å²) in [6.07, 6.45) is 12.3. The maximum absolute atomic E-state index is 4.43. The number of para-hydroxylation sites is 2. The van der Waals surface area contributed by atoms with Gasteiger partial charge in [0.05, 0.1) is 11.0 Å². The van der Waals surface area contributed by atoms with Crippen LogP contribution in [0.15, 0.2) is 97.3 Å². The number of rotatable bonds is 4. The van der Waals surface area contributed by atoms with Gasteiger partial charge in [0.15, 0.2) is 0 Å². The summed E-state index contributed by atoms with van der Waals surface area (Å²) < 4.78 is 0. The highest BCUT2D eigenvalue weighted by Crippen LogP contribution is 2.20. The van der Waals surface area contributed by atoms with Crippen molar-refractivity contribution >= 4 is 46.1 Å². The minimum atomic E-state index is 1.02. The Kier molecular flexibility index (Phi) is 4.89. The Labute approximate surface area is 175 Å². The van der Waals surface area contributed by atoms with Crippen LogP contribution in [0.2, 0.25) is 0 Å². The van der Waals surface area contributed by atoms with Crippen LogP contribution in [0.3, 0.4) is 0 Å². The molecule has 0 N–H and O–H groups in total. The monoisotopic (exact) mass is 384 g/mol. The molecule has 0 atom stereocenters. The van der Waals surface area contributed by atoms with Gasteiger partial charge in [-0.1, -0.05) is 85.0 Å². The molecule has 5 aromatic rings. The molecule has 0 aliphatic rings. The zero-order valence-corrected chi connectivity index (χ0v) is 16.4. The average molecular weight is 384 g/mol. The summed E-state index contributed by atoms with van der Waals surface area (Å²) in [6, 6.07) is 29.1. The highest BCUT2D eigenvalue weighted by molar-refractivity contribution is 5.91. The first-order valence-corrected chi connectivity index (χ1v) is 10.0. The number of pyridine rings is 2. The summed E-state index contributed by atoms with van der Waals surface area (Å²) in [5.41, 5.74) is 6.72. The van der Waals surface area contributed by atoms with Crippen LogP contribution in [0, 0.1) is 0 Å². The van der Waals surface area contributed by atoms with Crippen molar-refractivity contribution in [3.63, 3.8) is 0 Å². The third-order valence-corrected chi connectivity index (χ3v) is 5.21. The second-order valence-electron chi connectivity index (χ2n) is 7.17. The van der Waals surface area contributed by atoms with Crippen molar-refractivity contribution in [2.75, 3.05) is 0 Å². The second-order valence-corrected chi connectivity index (χ2v) is 7.17. The maximum Gasteiger partial charge on any atom is 0.0707 e. The summed E-state index contributed by atoms with van der Waals surface area (Å²) in [5.74, 6) is 0. The Morgan fingerprint density at radius 2 is 0.867 bits per heavy atom. The molecule has 2 nitrogen and oxygen atoms in total. The average Bonchev–Trinajstić information content (AvgIpc) is 2.82. The molecule has 2 aromatic heterocycles. The van der Waals surface area contributed by atoms with Gasteiger partial charge in [-0.2, -0.15) is 0 Å². The Bertz CT molecular complexity index is 1260. The van der Waals surface area contributed by atoms with Crippen LogP contribution in [0.1, 0.15) is 22.3 Å². The van der Waals surface area contributed by atoms with E-state index < -0.39 is 0 Å². The van der Waals surface area contributed by atoms with Crippen molar-refractivity contribution in [3.05, 3.63) is 120 Å². The maximum atomic E-state index is 4.43. The molecule has 0 aliphatic carbocycles. The minimum Gasteiger partial charge on any atom is -0.256 e. The van der Waals surface area contributed by atoms with Gasteiger partial charge in [0.2, 0.25) is 0 Å². The first-order chi connectivity index (χ1) is 14.9. The molecule has 0 saturated carbocycles. The quantitative estimate of drug-likeness (QED) is 0.329. The van der Waals surface area contributed by atoms with Gasteiger partial charge in [-0.25, -0.2) is 0 Å². The van der Waals surface area contributed by atoms with E-state index in [1.807, 2.05) is 36.7 Å². The SMILES string of the molecule is C(=Cc1ccnc2ccccc12)c1ccc(C=Cc2ccnc3ccccc23)cc1. The number of aromatic nitrogens is 2. The van der Waals surface area contributed by atoms with Crippen molar-refractivity contribution in [3.8, 4) is 0 Å². The lowest BCUT2D eigenvalue weighted by Crippen LogP contribution is -1.82. The van der Waals surface area contributed by atoms with E-state index in [4.69, 9.17) is 0 Å². The Hall–Kier alpha value is -4.04. The van der Waals surface area contributed by atoms with Crippen LogP contribution >= 0.6 is 0 Å². The summed E-state index contributed by atoms with van der Waals surface area (Å²) >= 11 is 0. The first-order valence-electron chi connectivity index (χ1n) is 10.0. The van der Waals surface area contributed by atoms with Crippen molar-refractivity contribution in [1.82, 2.24) is 9.97 Å². The van der Waals surface area contributed by atoms with E-state index in [2.05, 4.69) is 94.9 Å². The van der Waals surface area contributed by atoms with Crippen LogP contribution < -0.4 is 0 Å². The smallest absolute Gasteiger partial charge is 0.0707 e. The van der Waals surface area contributed by atoms with Crippen LogP contribution in [0.25, 0.3) is 46.1 Å². The number of hydrogen-bond donors (Lipinski definition) is 0. The van der Waals surface area contributed by atoms with Gasteiger partial charge in [-0.3, -0.25) is 9.97 Å². The lowest BCUT2D eigenvalue weighted by molar-refractivity contribution is 1.41. The molecule has 0 bridgehead atoms. The normalized spacial score (nSPS) is 11.7. The summed E-state index contributed by atoms with van der Waals surface area (Å²) in [7, 11) is 0. The number of nitrogens with zero attached hydrogens (tertiary/aromatic N) is 2. The fourth-order valence-corrected chi connectivity index (χ4v) is 3.62. The van der Waals surface area contributed by atoms with E-state index in [0.717, 1.165) is 11.0 Å². The summed E-state index contributed by atoms with van der Waals surface area (Å²) in [4.78, 5) is 8.85. The molecule has 0 amide bonds. The number of benzene rings is 3. The van der Waals surface area contributed by atoms with Crippen molar-refractivity contribution in [2.24, 2.45) is 0 Å². The molecular weight excluding hydrogens is 364 g/mol. The molecule has 5 rings (SSSR count). The Balaban J connectivity index is 1.36. The fraction of sp³-hybridized carbons (Fsp3) is 0. The van der Waals surface area contributed by atoms with Crippen molar-refractivity contribution in [1.29, 1.82) is 0 Å². The van der Waals surface area contributed by atoms with E-state index in [-0.39, 0.29) is 0 Å². The lowest BCUT2D eigenvalue weighted by Gasteiger charge is -2.02. The van der Waals surface area contributed by atoms with Crippen LogP contribution in [0.4, 0.5) is 0 Å². The third kappa shape index (κ3) is 3.76. The van der Waals surface area contributed by atoms with Crippen LogP contribution in [-0.2, 0) is 0 Å². The van der Waals surface area contributed by atoms with Crippen LogP contribution in [-0.4, -0.2) is 9.97 Å². The molecule has 0 aliphatic heterocycles. The lowest BCUT2D eigenvalue weighted by atomic mass is 10.1. The van der Waals surface area contributed by atoms with Gasteiger partial charge in [0, 0.05) is 23.2 Å². The van der Waals surface area contributed by atoms with E-state index in [1.165, 1.54) is 33.0 Å². The zero-order chi connectivity index (χ0) is 20.2. The van der Waals surface area contributed by atoms with Gasteiger partial charge in [-0.15, -0.1) is 0 Å². The number of hydrogen-bond acceptors (Lipinski definition) is 2. The second kappa shape index (κ2) is 8.14. The standard InChI is InChI=1S/C28H20N2/c1-3-7-27-25(5-1)23(17-19-29-27)15-13-21-9-11-22(12-10-21)14-16-24-18-20-30-28-8-4-2-6-26(24)28/h1-20H. The molecule has 2 heteroatoms. The van der Waals surface area contributed by atoms with E-state index >= 15 is 0 Å². The Morgan fingerprint density at radius 3 is 1.33 bits per heavy atom. The van der Waals surface area contributed by atoms with Gasteiger partial charge >= 0.3 is 0 Å². The molecule has 0 fully saturated rings. The molecule has 30 heavy (non-hydrogen) atoms. The highest BCUT2D eigenvalue weighted by atomic mass is 14.6. The van der Waals surface area contributed by atoms with Gasteiger partial charge < -0.3 is 0 Å². The van der Waals surface area contributed by atoms with Crippen LogP contribution in [0.5, 0.6) is 0 Å². The third-order valence-electron chi connectivity index (χ3n) is 5.21. The summed E-state index contributed by atoms with van der Waals surface area (Å²) in [6.45, 7) is 0. The van der Waals surface area contributed by atoms with Gasteiger partial charge in [0.25, 0.3) is 0 Å². The van der Waals surface area contributed by atoms with E-state index in [0.29, 0.717) is 0 Å². The molecule has 142 valence electrons. The molecule has 0 saturated heterocycles. The zero-order valence-electron chi connectivity index (χ0n) is 16.4. The molecule has 3 aromatic carbocycles. The van der Waals surface area contributed by atoms with Crippen molar-refractivity contribution in [2.45, 2.75) is 0 Å². The highest BCUT2D eigenvalue weighted by Gasteiger charge is 1.99. The van der Waals surface area contributed by atoms with Crippen molar-refractivity contribution < 1.29 is 0 Å². The molecule has 0 radical (unpaired) electrons. The Morgan fingerprint density at radius 1 is 0.433 bits per heavy atom. The predicted octanol–water partition coefficient (Wildman–Crippen LogP) is 7.12. The fourth-order valence-electron chi connectivity index (χ4n) is 3.62. The predicted molar refractivity (Wildman–Crippen MR) is 128 cm³/mol. The molecule has 0 spiro atoms. The molecule has 2 heterocycles. The first kappa shape index (κ1) is 18.0. The molecular formula is C28H20N2. The van der Waals surface area contributed by atoms with Gasteiger partial charge in [-0.05, 0) is 46.5 Å². The topological polar surface area (TPSA) is 25.8 Å². The summed E-state index contributed by atoms with van der Waals surface area (Å²) in [5, 5.41) is 2.33. The van der Waals surface area contributed by atoms with E-state index in [9.17, 15) is 0 Å². The molecule has 0 unspecified atom stereocenters. The minimum absolute atomic E-state index is 1.02. The largest absolute Gasteiger partial charge is 0.256 e. The van der Waals surface area contributed by atoms with E-state index in [1.54, 1.807) is 0 Å². The number of fused-ring (bicyclic) bond motifs is 2.